The molecule has 0 saturated carbocycles. The number of para-hydroxylation sites is 2. The van der Waals surface area contributed by atoms with Gasteiger partial charge in [-0.2, -0.15) is 0 Å². The molecule has 0 radical (unpaired) electrons. The minimum absolute atomic E-state index is 0.0837. The van der Waals surface area contributed by atoms with Gasteiger partial charge < -0.3 is 14.8 Å². The topological polar surface area (TPSA) is 92.6 Å². The Morgan fingerprint density at radius 2 is 1.78 bits per heavy atom. The highest BCUT2D eigenvalue weighted by Gasteiger charge is 2.42. The van der Waals surface area contributed by atoms with E-state index in [1.807, 2.05) is 66.7 Å². The maximum absolute atomic E-state index is 13.4. The fraction of sp³-hybridized carbons (Fsp3) is 0.185. The summed E-state index contributed by atoms with van der Waals surface area (Å²) in [6.45, 7) is 0.278. The molecule has 2 amide bonds. The summed E-state index contributed by atoms with van der Waals surface area (Å²) in [6.07, 6.45) is 0. The number of carbonyl (C=O) groups excluding carboxylic acids is 2. The van der Waals surface area contributed by atoms with E-state index in [0.29, 0.717) is 22.5 Å². The summed E-state index contributed by atoms with van der Waals surface area (Å²) in [6, 6.07) is 21.9. The summed E-state index contributed by atoms with van der Waals surface area (Å²) in [5.41, 5.74) is 3.13. The van der Waals surface area contributed by atoms with Gasteiger partial charge in [-0.05, 0) is 23.8 Å². The van der Waals surface area contributed by atoms with Crippen molar-refractivity contribution in [2.75, 3.05) is 20.0 Å². The number of hydrogen-bond acceptors (Lipinski definition) is 7. The molecule has 0 bridgehead atoms. The Bertz CT molecular complexity index is 1370. The van der Waals surface area contributed by atoms with E-state index >= 15 is 0 Å². The molecule has 9 heteroatoms. The zero-order valence-electron chi connectivity index (χ0n) is 19.8. The van der Waals surface area contributed by atoms with Crippen LogP contribution in [0, 0.1) is 0 Å². The molecule has 1 unspecified atom stereocenters. The van der Waals surface area contributed by atoms with Gasteiger partial charge >= 0.3 is 0 Å². The molecule has 2 aliphatic heterocycles. The molecule has 2 heterocycles. The van der Waals surface area contributed by atoms with E-state index in [-0.39, 0.29) is 24.1 Å². The first-order valence-corrected chi connectivity index (χ1v) is 12.3. The first-order valence-electron chi connectivity index (χ1n) is 11.3. The van der Waals surface area contributed by atoms with Gasteiger partial charge in [0.1, 0.15) is 5.84 Å². The van der Waals surface area contributed by atoms with E-state index in [2.05, 4.69) is 5.32 Å². The van der Waals surface area contributed by atoms with Crippen molar-refractivity contribution in [3.8, 4) is 11.5 Å². The third-order valence-corrected chi connectivity index (χ3v) is 6.82. The molecular formula is C27H24N4O4S. The van der Waals surface area contributed by atoms with E-state index < -0.39 is 6.04 Å². The number of amidine groups is 2. The van der Waals surface area contributed by atoms with E-state index in [0.717, 1.165) is 22.4 Å². The van der Waals surface area contributed by atoms with Crippen LogP contribution in [0.2, 0.25) is 0 Å². The SMILES string of the molecule is COc1cccc(CNC(=O)CSC2=Nc3ccccc3C3=NC(c4ccccc4)C(=O)N23)c1OC. The summed E-state index contributed by atoms with van der Waals surface area (Å²) >= 11 is 1.21. The van der Waals surface area contributed by atoms with Gasteiger partial charge in [0.05, 0.1) is 25.7 Å². The predicted molar refractivity (Wildman–Crippen MR) is 140 cm³/mol. The third-order valence-electron chi connectivity index (χ3n) is 5.88. The Labute approximate surface area is 213 Å². The molecule has 0 aromatic heterocycles. The number of aliphatic imine (C=N–C) groups is 2. The Kier molecular flexibility index (Phi) is 6.73. The second-order valence-corrected chi connectivity index (χ2v) is 9.01. The van der Waals surface area contributed by atoms with Gasteiger partial charge in [0.2, 0.25) is 5.91 Å². The van der Waals surface area contributed by atoms with Crippen LogP contribution in [-0.4, -0.2) is 47.7 Å². The van der Waals surface area contributed by atoms with Crippen LogP contribution in [0.3, 0.4) is 0 Å². The molecule has 0 aliphatic carbocycles. The van der Waals surface area contributed by atoms with Crippen LogP contribution in [0.15, 0.2) is 82.8 Å². The highest BCUT2D eigenvalue weighted by atomic mass is 32.2. The van der Waals surface area contributed by atoms with E-state index in [1.54, 1.807) is 20.3 Å². The maximum atomic E-state index is 13.4. The van der Waals surface area contributed by atoms with Crippen molar-refractivity contribution in [1.29, 1.82) is 0 Å². The molecule has 2 aliphatic rings. The molecule has 0 fully saturated rings. The molecule has 3 aromatic rings. The van der Waals surface area contributed by atoms with Crippen molar-refractivity contribution in [3.05, 3.63) is 89.5 Å². The quantitative estimate of drug-likeness (QED) is 0.528. The molecule has 3 aromatic carbocycles. The second-order valence-electron chi connectivity index (χ2n) is 8.07. The number of nitrogens with zero attached hydrogens (tertiary/aromatic N) is 3. The van der Waals surface area contributed by atoms with Gasteiger partial charge in [0, 0.05) is 17.7 Å². The Morgan fingerprint density at radius 1 is 1.00 bits per heavy atom. The lowest BCUT2D eigenvalue weighted by atomic mass is 10.1. The molecule has 0 spiro atoms. The minimum Gasteiger partial charge on any atom is -0.493 e. The first-order chi connectivity index (χ1) is 17.6. The number of benzene rings is 3. The zero-order valence-corrected chi connectivity index (χ0v) is 20.6. The lowest BCUT2D eigenvalue weighted by molar-refractivity contribution is -0.124. The Morgan fingerprint density at radius 3 is 2.56 bits per heavy atom. The van der Waals surface area contributed by atoms with Crippen molar-refractivity contribution in [3.63, 3.8) is 0 Å². The molecule has 1 atom stereocenters. The Hall–Kier alpha value is -4.11. The van der Waals surface area contributed by atoms with Crippen LogP contribution < -0.4 is 14.8 Å². The lowest BCUT2D eigenvalue weighted by Crippen LogP contribution is -2.40. The summed E-state index contributed by atoms with van der Waals surface area (Å²) in [5, 5.41) is 3.34. The Balaban J connectivity index is 1.32. The maximum Gasteiger partial charge on any atom is 0.263 e. The van der Waals surface area contributed by atoms with Gasteiger partial charge in [-0.3, -0.25) is 9.59 Å². The van der Waals surface area contributed by atoms with Crippen molar-refractivity contribution in [1.82, 2.24) is 10.2 Å². The lowest BCUT2D eigenvalue weighted by Gasteiger charge is -2.25. The van der Waals surface area contributed by atoms with E-state index in [9.17, 15) is 9.59 Å². The van der Waals surface area contributed by atoms with E-state index in [1.165, 1.54) is 16.7 Å². The molecular weight excluding hydrogens is 476 g/mol. The van der Waals surface area contributed by atoms with Gasteiger partial charge in [-0.1, -0.05) is 66.4 Å². The summed E-state index contributed by atoms with van der Waals surface area (Å²) in [5.74, 6) is 1.44. The first kappa shape index (κ1) is 23.6. The predicted octanol–water partition coefficient (Wildman–Crippen LogP) is 4.08. The number of hydrogen-bond donors (Lipinski definition) is 1. The average molecular weight is 501 g/mol. The average Bonchev–Trinajstić information content (AvgIpc) is 3.28. The van der Waals surface area contributed by atoms with Gasteiger partial charge in [0.15, 0.2) is 22.7 Å². The normalized spacial score (nSPS) is 16.0. The molecule has 1 N–H and O–H groups in total. The van der Waals surface area contributed by atoms with Crippen LogP contribution >= 0.6 is 11.8 Å². The molecule has 8 nitrogen and oxygen atoms in total. The number of thioether (sulfide) groups is 1. The van der Waals surface area contributed by atoms with Gasteiger partial charge in [0.25, 0.3) is 5.91 Å². The van der Waals surface area contributed by atoms with Crippen LogP contribution in [0.4, 0.5) is 5.69 Å². The third kappa shape index (κ3) is 4.45. The molecule has 0 saturated heterocycles. The number of nitrogens with one attached hydrogen (secondary N) is 1. The number of rotatable bonds is 7. The van der Waals surface area contributed by atoms with Crippen molar-refractivity contribution < 1.29 is 19.1 Å². The number of amides is 2. The molecule has 5 rings (SSSR count). The van der Waals surface area contributed by atoms with Crippen LogP contribution in [0.5, 0.6) is 11.5 Å². The van der Waals surface area contributed by atoms with Gasteiger partial charge in [-0.25, -0.2) is 14.9 Å². The summed E-state index contributed by atoms with van der Waals surface area (Å²) in [4.78, 5) is 37.2. The monoisotopic (exact) mass is 500 g/mol. The van der Waals surface area contributed by atoms with Gasteiger partial charge in [-0.15, -0.1) is 0 Å². The fourth-order valence-electron chi connectivity index (χ4n) is 4.17. The summed E-state index contributed by atoms with van der Waals surface area (Å²) in [7, 11) is 3.13. The highest BCUT2D eigenvalue weighted by molar-refractivity contribution is 8.14. The number of fused-ring (bicyclic) bond motifs is 3. The van der Waals surface area contributed by atoms with Crippen molar-refractivity contribution in [2.24, 2.45) is 9.98 Å². The zero-order chi connectivity index (χ0) is 25.1. The number of ether oxygens (including phenoxy) is 2. The molecule has 36 heavy (non-hydrogen) atoms. The van der Waals surface area contributed by atoms with Crippen LogP contribution in [0.25, 0.3) is 0 Å². The van der Waals surface area contributed by atoms with E-state index in [4.69, 9.17) is 19.5 Å². The second kappa shape index (κ2) is 10.2. The van der Waals surface area contributed by atoms with Crippen molar-refractivity contribution in [2.45, 2.75) is 12.6 Å². The highest BCUT2D eigenvalue weighted by Crippen LogP contribution is 2.37. The number of methoxy groups -OCH3 is 2. The standard InChI is InChI=1S/C27H24N4O4S/c1-34-21-14-8-11-18(24(21)35-2)15-28-22(32)16-36-27-29-20-13-7-6-12-19(20)25-30-23(26(33)31(25)27)17-9-4-3-5-10-17/h3-14,23H,15-16H2,1-2H3,(H,28,32). The van der Waals surface area contributed by atoms with Crippen LogP contribution in [-0.2, 0) is 16.1 Å². The smallest absolute Gasteiger partial charge is 0.263 e. The van der Waals surface area contributed by atoms with Crippen LogP contribution in [0.1, 0.15) is 22.7 Å². The molecule has 182 valence electrons. The fourth-order valence-corrected chi connectivity index (χ4v) is 5.00. The largest absolute Gasteiger partial charge is 0.493 e. The van der Waals surface area contributed by atoms with Crippen molar-refractivity contribution >= 4 is 40.3 Å². The minimum atomic E-state index is -0.646. The summed E-state index contributed by atoms with van der Waals surface area (Å²) < 4.78 is 10.8. The number of carbonyl (C=O) groups is 2.